The molecule has 0 radical (unpaired) electrons. The Kier molecular flexibility index (Phi) is 4.11. The van der Waals surface area contributed by atoms with Crippen molar-refractivity contribution in [1.82, 2.24) is 4.98 Å². The standard InChI is InChI=1S/C19H16N2O2/c1-23-19(22)15(11-20)18(13-7-3-2-4-8-13)16-12-21-17-10-6-5-9-14(16)17/h2-10,12,15,18,21H,1H3/t15-,18-/m0/s1. The van der Waals surface area contributed by atoms with E-state index in [1.807, 2.05) is 60.8 Å². The van der Waals surface area contributed by atoms with Gasteiger partial charge in [0.15, 0.2) is 5.92 Å². The second kappa shape index (κ2) is 6.37. The van der Waals surface area contributed by atoms with Crippen molar-refractivity contribution >= 4 is 16.9 Å². The number of rotatable bonds is 4. The summed E-state index contributed by atoms with van der Waals surface area (Å²) in [6.07, 6.45) is 1.87. The molecule has 0 bridgehead atoms. The fraction of sp³-hybridized carbons (Fsp3) is 0.158. The number of carbonyl (C=O) groups excluding carboxylic acids is 1. The smallest absolute Gasteiger partial charge is 0.324 e. The Labute approximate surface area is 134 Å². The molecule has 4 nitrogen and oxygen atoms in total. The molecule has 0 saturated carbocycles. The first-order valence-electron chi connectivity index (χ1n) is 7.34. The van der Waals surface area contributed by atoms with Crippen LogP contribution in [0, 0.1) is 17.2 Å². The van der Waals surface area contributed by atoms with Gasteiger partial charge in [0.1, 0.15) is 0 Å². The van der Waals surface area contributed by atoms with E-state index in [1.165, 1.54) is 7.11 Å². The normalized spacial score (nSPS) is 13.2. The minimum Gasteiger partial charge on any atom is -0.468 e. The van der Waals surface area contributed by atoms with Crippen LogP contribution in [0.3, 0.4) is 0 Å². The number of benzene rings is 2. The molecular weight excluding hydrogens is 288 g/mol. The Balaban J connectivity index is 2.20. The molecule has 0 spiro atoms. The summed E-state index contributed by atoms with van der Waals surface area (Å²) in [5.74, 6) is -1.81. The zero-order valence-electron chi connectivity index (χ0n) is 12.7. The van der Waals surface area contributed by atoms with Crippen molar-refractivity contribution in [2.45, 2.75) is 5.92 Å². The molecule has 2 atom stereocenters. The molecule has 4 heteroatoms. The lowest BCUT2D eigenvalue weighted by Crippen LogP contribution is -2.23. The maximum atomic E-state index is 12.1. The number of methoxy groups -OCH3 is 1. The van der Waals surface area contributed by atoms with Gasteiger partial charge in [0.05, 0.1) is 13.2 Å². The first-order valence-corrected chi connectivity index (χ1v) is 7.34. The van der Waals surface area contributed by atoms with E-state index in [4.69, 9.17) is 4.74 Å². The lowest BCUT2D eigenvalue weighted by molar-refractivity contribution is -0.143. The molecule has 23 heavy (non-hydrogen) atoms. The van der Waals surface area contributed by atoms with Crippen LogP contribution in [0.4, 0.5) is 0 Å². The summed E-state index contributed by atoms with van der Waals surface area (Å²) in [6.45, 7) is 0. The Morgan fingerprint density at radius 3 is 2.52 bits per heavy atom. The summed E-state index contributed by atoms with van der Waals surface area (Å²) in [4.78, 5) is 15.3. The number of esters is 1. The second-order valence-corrected chi connectivity index (χ2v) is 5.31. The third kappa shape index (κ3) is 2.69. The summed E-state index contributed by atoms with van der Waals surface area (Å²) in [6, 6.07) is 19.6. The van der Waals surface area contributed by atoms with Crippen LogP contribution < -0.4 is 0 Å². The number of nitriles is 1. The lowest BCUT2D eigenvalue weighted by atomic mass is 9.81. The zero-order valence-corrected chi connectivity index (χ0v) is 12.7. The van der Waals surface area contributed by atoms with Crippen LogP contribution in [0.5, 0.6) is 0 Å². The van der Waals surface area contributed by atoms with Crippen LogP contribution in [0.2, 0.25) is 0 Å². The molecule has 2 aromatic carbocycles. The Morgan fingerprint density at radius 2 is 1.83 bits per heavy atom. The third-order valence-corrected chi connectivity index (χ3v) is 4.04. The fourth-order valence-electron chi connectivity index (χ4n) is 2.95. The molecule has 0 unspecified atom stereocenters. The number of nitrogens with one attached hydrogen (secondary N) is 1. The number of nitrogens with zero attached hydrogens (tertiary/aromatic N) is 1. The minimum atomic E-state index is -0.901. The number of aromatic amines is 1. The van der Waals surface area contributed by atoms with Crippen molar-refractivity contribution < 1.29 is 9.53 Å². The second-order valence-electron chi connectivity index (χ2n) is 5.31. The van der Waals surface area contributed by atoms with Gasteiger partial charge in [0.25, 0.3) is 0 Å². The van der Waals surface area contributed by atoms with Gasteiger partial charge in [-0.25, -0.2) is 0 Å². The number of hydrogen-bond acceptors (Lipinski definition) is 3. The molecule has 1 heterocycles. The molecule has 3 rings (SSSR count). The van der Waals surface area contributed by atoms with E-state index >= 15 is 0 Å². The molecular formula is C19H16N2O2. The minimum absolute atomic E-state index is 0.384. The molecule has 1 aromatic heterocycles. The van der Waals surface area contributed by atoms with E-state index in [1.54, 1.807) is 0 Å². The van der Waals surface area contributed by atoms with Crippen LogP contribution in [-0.2, 0) is 9.53 Å². The van der Waals surface area contributed by atoms with Gasteiger partial charge < -0.3 is 9.72 Å². The summed E-state index contributed by atoms with van der Waals surface area (Å²) in [5.41, 5.74) is 2.81. The quantitative estimate of drug-likeness (QED) is 0.749. The van der Waals surface area contributed by atoms with Gasteiger partial charge in [-0.1, -0.05) is 48.5 Å². The molecule has 0 amide bonds. The van der Waals surface area contributed by atoms with Crippen LogP contribution in [0.1, 0.15) is 17.0 Å². The average molecular weight is 304 g/mol. The van der Waals surface area contributed by atoms with Gasteiger partial charge in [-0.3, -0.25) is 4.79 Å². The van der Waals surface area contributed by atoms with Gasteiger partial charge in [0, 0.05) is 23.0 Å². The maximum Gasteiger partial charge on any atom is 0.324 e. The highest BCUT2D eigenvalue weighted by Gasteiger charge is 2.33. The average Bonchev–Trinajstić information content (AvgIpc) is 3.03. The summed E-state index contributed by atoms with van der Waals surface area (Å²) in [5, 5.41) is 10.6. The molecule has 0 fully saturated rings. The van der Waals surface area contributed by atoms with Crippen LogP contribution in [0.15, 0.2) is 60.8 Å². The molecule has 0 aliphatic heterocycles. The SMILES string of the molecule is COC(=O)[C@@H](C#N)[C@H](c1ccccc1)c1c[nH]c2ccccc12. The predicted octanol–water partition coefficient (Wildman–Crippen LogP) is 3.61. The number of para-hydroxylation sites is 1. The number of ether oxygens (including phenoxy) is 1. The van der Waals surface area contributed by atoms with Crippen LogP contribution in [-0.4, -0.2) is 18.1 Å². The Morgan fingerprint density at radius 1 is 1.13 bits per heavy atom. The van der Waals surface area contributed by atoms with E-state index in [0.29, 0.717) is 0 Å². The summed E-state index contributed by atoms with van der Waals surface area (Å²) in [7, 11) is 1.31. The van der Waals surface area contributed by atoms with Gasteiger partial charge in [-0.15, -0.1) is 0 Å². The summed E-state index contributed by atoms with van der Waals surface area (Å²) >= 11 is 0. The van der Waals surface area contributed by atoms with Gasteiger partial charge >= 0.3 is 5.97 Å². The van der Waals surface area contributed by atoms with Gasteiger partial charge in [-0.05, 0) is 17.2 Å². The molecule has 0 aliphatic rings. The van der Waals surface area contributed by atoms with Crippen molar-refractivity contribution in [3.05, 3.63) is 71.9 Å². The van der Waals surface area contributed by atoms with Gasteiger partial charge in [0.2, 0.25) is 0 Å². The Bertz CT molecular complexity index is 862. The maximum absolute atomic E-state index is 12.1. The van der Waals surface area contributed by atoms with Crippen molar-refractivity contribution in [2.24, 2.45) is 5.92 Å². The molecule has 3 aromatic rings. The van der Waals surface area contributed by atoms with Crippen LogP contribution >= 0.6 is 0 Å². The van der Waals surface area contributed by atoms with E-state index in [0.717, 1.165) is 22.0 Å². The largest absolute Gasteiger partial charge is 0.468 e. The highest BCUT2D eigenvalue weighted by molar-refractivity contribution is 5.86. The monoisotopic (exact) mass is 304 g/mol. The third-order valence-electron chi connectivity index (χ3n) is 4.04. The number of carbonyl (C=O) groups is 1. The van der Waals surface area contributed by atoms with Crippen molar-refractivity contribution in [2.75, 3.05) is 7.11 Å². The van der Waals surface area contributed by atoms with Crippen LogP contribution in [0.25, 0.3) is 10.9 Å². The highest BCUT2D eigenvalue weighted by Crippen LogP contribution is 2.36. The predicted molar refractivity (Wildman–Crippen MR) is 87.7 cm³/mol. The number of aromatic nitrogens is 1. The molecule has 0 saturated heterocycles. The lowest BCUT2D eigenvalue weighted by Gasteiger charge is -2.20. The summed E-state index contributed by atoms with van der Waals surface area (Å²) < 4.78 is 4.84. The van der Waals surface area contributed by atoms with Crippen molar-refractivity contribution in [3.8, 4) is 6.07 Å². The zero-order chi connectivity index (χ0) is 16.2. The van der Waals surface area contributed by atoms with E-state index in [-0.39, 0.29) is 5.92 Å². The van der Waals surface area contributed by atoms with Gasteiger partial charge in [-0.2, -0.15) is 5.26 Å². The highest BCUT2D eigenvalue weighted by atomic mass is 16.5. The number of fused-ring (bicyclic) bond motifs is 1. The number of hydrogen-bond donors (Lipinski definition) is 1. The van der Waals surface area contributed by atoms with Crippen molar-refractivity contribution in [3.63, 3.8) is 0 Å². The number of H-pyrrole nitrogens is 1. The first-order chi connectivity index (χ1) is 11.3. The Hall–Kier alpha value is -3.06. The molecule has 114 valence electrons. The topological polar surface area (TPSA) is 65.9 Å². The van der Waals surface area contributed by atoms with E-state index in [9.17, 15) is 10.1 Å². The first kappa shape index (κ1) is 14.9. The molecule has 1 N–H and O–H groups in total. The molecule has 0 aliphatic carbocycles. The fourth-order valence-corrected chi connectivity index (χ4v) is 2.95. The van der Waals surface area contributed by atoms with E-state index < -0.39 is 11.9 Å². The van der Waals surface area contributed by atoms with E-state index in [2.05, 4.69) is 11.1 Å². The van der Waals surface area contributed by atoms with Crippen molar-refractivity contribution in [1.29, 1.82) is 5.26 Å².